The van der Waals surface area contributed by atoms with Crippen molar-refractivity contribution in [1.29, 1.82) is 0 Å². The van der Waals surface area contributed by atoms with Gasteiger partial charge in [0.15, 0.2) is 4.77 Å². The van der Waals surface area contributed by atoms with Crippen molar-refractivity contribution in [3.63, 3.8) is 0 Å². The van der Waals surface area contributed by atoms with Gasteiger partial charge < -0.3 is 4.98 Å². The summed E-state index contributed by atoms with van der Waals surface area (Å²) in [4.78, 5) is 2.81. The normalized spacial score (nSPS) is 11.2. The molecule has 0 saturated carbocycles. The zero-order valence-corrected chi connectivity index (χ0v) is 12.1. The number of nitrogens with zero attached hydrogens (tertiary/aromatic N) is 1. The van der Waals surface area contributed by atoms with Gasteiger partial charge in [-0.3, -0.25) is 4.57 Å². The van der Waals surface area contributed by atoms with Crippen LogP contribution in [0.2, 0.25) is 10.0 Å². The molecule has 3 aromatic rings. The van der Waals surface area contributed by atoms with Gasteiger partial charge >= 0.3 is 0 Å². The number of hydrogen-bond donors (Lipinski definition) is 1. The fourth-order valence-corrected chi connectivity index (χ4v) is 2.63. The van der Waals surface area contributed by atoms with Crippen LogP contribution >= 0.6 is 35.4 Å². The lowest BCUT2D eigenvalue weighted by Gasteiger charge is -2.07. The van der Waals surface area contributed by atoms with Gasteiger partial charge in [0, 0.05) is 11.1 Å². The third-order valence-electron chi connectivity index (χ3n) is 2.87. The minimum absolute atomic E-state index is 0.0670. The van der Waals surface area contributed by atoms with Crippen molar-refractivity contribution in [2.24, 2.45) is 0 Å². The summed E-state index contributed by atoms with van der Waals surface area (Å²) in [5.41, 5.74) is 1.08. The molecule has 2 nitrogen and oxygen atoms in total. The molecule has 0 atom stereocenters. The Morgan fingerprint density at radius 3 is 2.55 bits per heavy atom. The van der Waals surface area contributed by atoms with Crippen LogP contribution in [-0.2, 0) is 0 Å². The number of rotatable bonds is 1. The van der Waals surface area contributed by atoms with Crippen LogP contribution in [-0.4, -0.2) is 9.55 Å². The van der Waals surface area contributed by atoms with E-state index in [0.29, 0.717) is 16.1 Å². The zero-order chi connectivity index (χ0) is 14.4. The van der Waals surface area contributed by atoms with Gasteiger partial charge in [-0.15, -0.1) is 0 Å². The van der Waals surface area contributed by atoms with Crippen LogP contribution in [0.3, 0.4) is 0 Å². The number of aromatic amines is 1. The Hall–Kier alpha value is -1.43. The SMILES string of the molecule is Fc1cc2[nH]c(=S)n(-c3cc(Cl)ccc3F)c2cc1Cl. The van der Waals surface area contributed by atoms with Crippen molar-refractivity contribution in [2.45, 2.75) is 0 Å². The Bertz CT molecular complexity index is 886. The van der Waals surface area contributed by atoms with Crippen LogP contribution in [0.5, 0.6) is 0 Å². The van der Waals surface area contributed by atoms with E-state index in [1.807, 2.05) is 0 Å². The summed E-state index contributed by atoms with van der Waals surface area (Å²) in [6.45, 7) is 0. The summed E-state index contributed by atoms with van der Waals surface area (Å²) in [5, 5.41) is 0.300. The molecule has 1 N–H and O–H groups in total. The highest BCUT2D eigenvalue weighted by Crippen LogP contribution is 2.27. The van der Waals surface area contributed by atoms with Gasteiger partial charge in [0.1, 0.15) is 11.6 Å². The van der Waals surface area contributed by atoms with Crippen LogP contribution in [0.15, 0.2) is 30.3 Å². The van der Waals surface area contributed by atoms with Crippen molar-refractivity contribution >= 4 is 46.5 Å². The van der Waals surface area contributed by atoms with Crippen molar-refractivity contribution in [1.82, 2.24) is 9.55 Å². The number of nitrogens with one attached hydrogen (secondary N) is 1. The van der Waals surface area contributed by atoms with Crippen LogP contribution < -0.4 is 0 Å². The molecule has 20 heavy (non-hydrogen) atoms. The van der Waals surface area contributed by atoms with E-state index in [1.165, 1.54) is 34.9 Å². The second-order valence-corrected chi connectivity index (χ2v) is 5.38. The van der Waals surface area contributed by atoms with Crippen LogP contribution in [0, 0.1) is 16.4 Å². The number of hydrogen-bond acceptors (Lipinski definition) is 1. The summed E-state index contributed by atoms with van der Waals surface area (Å²) < 4.78 is 29.1. The van der Waals surface area contributed by atoms with Crippen molar-refractivity contribution in [3.05, 3.63) is 56.8 Å². The third-order valence-corrected chi connectivity index (χ3v) is 3.68. The fourth-order valence-electron chi connectivity index (χ4n) is 2.00. The van der Waals surface area contributed by atoms with E-state index in [-0.39, 0.29) is 15.5 Å². The Kier molecular flexibility index (Phi) is 3.28. The summed E-state index contributed by atoms with van der Waals surface area (Å²) in [7, 11) is 0. The van der Waals surface area contributed by atoms with Gasteiger partial charge in [-0.05, 0) is 36.5 Å². The molecule has 0 saturated heterocycles. The molecule has 0 aliphatic carbocycles. The van der Waals surface area contributed by atoms with Gasteiger partial charge in [0.25, 0.3) is 0 Å². The lowest BCUT2D eigenvalue weighted by Crippen LogP contribution is -1.98. The maximum atomic E-state index is 14.0. The molecule has 0 unspecified atom stereocenters. The van der Waals surface area contributed by atoms with E-state index in [2.05, 4.69) is 4.98 Å². The van der Waals surface area contributed by atoms with Crippen LogP contribution in [0.1, 0.15) is 0 Å². The van der Waals surface area contributed by atoms with Gasteiger partial charge in [-0.1, -0.05) is 23.2 Å². The lowest BCUT2D eigenvalue weighted by atomic mass is 10.2. The maximum Gasteiger partial charge on any atom is 0.182 e. The summed E-state index contributed by atoms with van der Waals surface area (Å²) in [6, 6.07) is 6.72. The highest BCUT2D eigenvalue weighted by atomic mass is 35.5. The monoisotopic (exact) mass is 330 g/mol. The molecule has 0 aliphatic heterocycles. The molecule has 1 aromatic heterocycles. The van der Waals surface area contributed by atoms with Crippen molar-refractivity contribution in [3.8, 4) is 5.69 Å². The number of fused-ring (bicyclic) bond motifs is 1. The molecule has 3 rings (SSSR count). The molecule has 1 heterocycles. The van der Waals surface area contributed by atoms with E-state index in [4.69, 9.17) is 35.4 Å². The Balaban J connectivity index is 2.42. The number of imidazole rings is 1. The predicted molar refractivity (Wildman–Crippen MR) is 78.4 cm³/mol. The topological polar surface area (TPSA) is 20.7 Å². The van der Waals surface area contributed by atoms with Crippen molar-refractivity contribution < 1.29 is 8.78 Å². The van der Waals surface area contributed by atoms with E-state index in [0.717, 1.165) is 0 Å². The molecule has 0 radical (unpaired) electrons. The van der Waals surface area contributed by atoms with E-state index < -0.39 is 11.6 Å². The molecule has 0 amide bonds. The number of halogens is 4. The molecule has 0 aliphatic rings. The summed E-state index contributed by atoms with van der Waals surface area (Å²) in [5.74, 6) is -1.07. The molecule has 0 fully saturated rings. The summed E-state index contributed by atoms with van der Waals surface area (Å²) in [6.07, 6.45) is 0. The van der Waals surface area contributed by atoms with Gasteiger partial charge in [-0.25, -0.2) is 8.78 Å². The first-order chi connectivity index (χ1) is 9.47. The van der Waals surface area contributed by atoms with Gasteiger partial charge in [0.05, 0.1) is 21.7 Å². The summed E-state index contributed by atoms with van der Waals surface area (Å²) >= 11 is 16.8. The smallest absolute Gasteiger partial charge is 0.182 e. The first-order valence-electron chi connectivity index (χ1n) is 5.52. The average molecular weight is 331 g/mol. The van der Waals surface area contributed by atoms with E-state index in [9.17, 15) is 8.78 Å². The highest BCUT2D eigenvalue weighted by molar-refractivity contribution is 7.71. The Labute approximate surface area is 127 Å². The van der Waals surface area contributed by atoms with Crippen molar-refractivity contribution in [2.75, 3.05) is 0 Å². The Morgan fingerprint density at radius 2 is 1.80 bits per heavy atom. The van der Waals surface area contributed by atoms with Gasteiger partial charge in [-0.2, -0.15) is 0 Å². The predicted octanol–water partition coefficient (Wildman–Crippen LogP) is 5.27. The molecule has 0 bridgehead atoms. The second kappa shape index (κ2) is 4.84. The lowest BCUT2D eigenvalue weighted by molar-refractivity contribution is 0.619. The molecule has 7 heteroatoms. The number of aromatic nitrogens is 2. The molecular weight excluding hydrogens is 325 g/mol. The molecule has 102 valence electrons. The minimum Gasteiger partial charge on any atom is -0.330 e. The first kappa shape index (κ1) is 13.5. The van der Waals surface area contributed by atoms with Crippen LogP contribution in [0.4, 0.5) is 8.78 Å². The standard InChI is InChI=1S/C13H6Cl2F2N2S/c14-6-1-2-8(16)11(3-6)19-12-4-7(15)9(17)5-10(12)18-13(19)20/h1-5H,(H,18,20). The largest absolute Gasteiger partial charge is 0.330 e. The molecule has 0 spiro atoms. The number of benzene rings is 2. The van der Waals surface area contributed by atoms with E-state index >= 15 is 0 Å². The average Bonchev–Trinajstić information content (AvgIpc) is 2.69. The highest BCUT2D eigenvalue weighted by Gasteiger charge is 2.13. The van der Waals surface area contributed by atoms with Crippen LogP contribution in [0.25, 0.3) is 16.7 Å². The molecular formula is C13H6Cl2F2N2S. The fraction of sp³-hybridized carbons (Fsp3) is 0. The minimum atomic E-state index is -0.575. The second-order valence-electron chi connectivity index (χ2n) is 4.14. The first-order valence-corrected chi connectivity index (χ1v) is 6.69. The Morgan fingerprint density at radius 1 is 1.05 bits per heavy atom. The molecule has 2 aromatic carbocycles. The maximum absolute atomic E-state index is 14.0. The van der Waals surface area contributed by atoms with E-state index in [1.54, 1.807) is 0 Å². The third kappa shape index (κ3) is 2.12. The zero-order valence-electron chi connectivity index (χ0n) is 9.75. The number of H-pyrrole nitrogens is 1. The quantitative estimate of drug-likeness (QED) is 0.602. The van der Waals surface area contributed by atoms with Gasteiger partial charge in [0.2, 0.25) is 0 Å².